The molecular formula is C18H14BrNO. The molecule has 104 valence electrons. The van der Waals surface area contributed by atoms with Crippen molar-refractivity contribution < 1.29 is 5.11 Å². The molecular weight excluding hydrogens is 326 g/mol. The Bertz CT molecular complexity index is 767. The summed E-state index contributed by atoms with van der Waals surface area (Å²) in [5.41, 5.74) is 11.1. The maximum absolute atomic E-state index is 9.47. The largest absolute Gasteiger partial charge is 0.508 e. The molecule has 0 saturated heterocycles. The van der Waals surface area contributed by atoms with Crippen LogP contribution in [0.3, 0.4) is 0 Å². The van der Waals surface area contributed by atoms with E-state index in [9.17, 15) is 5.11 Å². The molecule has 0 unspecified atom stereocenters. The Morgan fingerprint density at radius 3 is 2.14 bits per heavy atom. The van der Waals surface area contributed by atoms with Crippen LogP contribution < -0.4 is 5.73 Å². The van der Waals surface area contributed by atoms with Crippen molar-refractivity contribution in [1.82, 2.24) is 0 Å². The van der Waals surface area contributed by atoms with Crippen LogP contribution in [-0.2, 0) is 0 Å². The fraction of sp³-hybridized carbons (Fsp3) is 0. The summed E-state index contributed by atoms with van der Waals surface area (Å²) in [6.07, 6.45) is 0. The molecule has 0 bridgehead atoms. The van der Waals surface area contributed by atoms with Crippen LogP contribution in [-0.4, -0.2) is 5.11 Å². The molecule has 3 N–H and O–H groups in total. The standard InChI is InChI=1S/C18H14BrNO/c19-14-10-16(12-6-8-15(21)9-7-12)18(17(20)11-14)13-4-2-1-3-5-13/h1-11,21H,20H2. The van der Waals surface area contributed by atoms with Crippen LogP contribution in [0.4, 0.5) is 5.69 Å². The van der Waals surface area contributed by atoms with E-state index in [0.29, 0.717) is 0 Å². The van der Waals surface area contributed by atoms with Gasteiger partial charge in [-0.1, -0.05) is 58.4 Å². The van der Waals surface area contributed by atoms with E-state index in [1.165, 1.54) is 0 Å². The number of phenolic OH excluding ortho intramolecular Hbond substituents is 1. The number of nitrogen functional groups attached to an aromatic ring is 1. The van der Waals surface area contributed by atoms with Gasteiger partial charge in [0.1, 0.15) is 5.75 Å². The summed E-state index contributed by atoms with van der Waals surface area (Å²) in [6, 6.07) is 21.2. The summed E-state index contributed by atoms with van der Waals surface area (Å²) in [5, 5.41) is 9.47. The van der Waals surface area contributed by atoms with Crippen LogP contribution >= 0.6 is 15.9 Å². The molecule has 3 aromatic carbocycles. The Balaban J connectivity index is 2.26. The Morgan fingerprint density at radius 2 is 1.48 bits per heavy atom. The maximum atomic E-state index is 9.47. The van der Waals surface area contributed by atoms with Gasteiger partial charge in [0.25, 0.3) is 0 Å². The highest BCUT2D eigenvalue weighted by atomic mass is 79.9. The van der Waals surface area contributed by atoms with Crippen molar-refractivity contribution in [2.24, 2.45) is 0 Å². The monoisotopic (exact) mass is 339 g/mol. The molecule has 0 aliphatic carbocycles. The third-order valence-corrected chi connectivity index (χ3v) is 3.83. The number of halogens is 1. The third kappa shape index (κ3) is 2.78. The molecule has 0 atom stereocenters. The highest BCUT2D eigenvalue weighted by Gasteiger charge is 2.12. The van der Waals surface area contributed by atoms with E-state index in [4.69, 9.17) is 5.73 Å². The second-order valence-electron chi connectivity index (χ2n) is 4.83. The van der Waals surface area contributed by atoms with Crippen LogP contribution in [0.5, 0.6) is 5.75 Å². The molecule has 0 aliphatic heterocycles. The van der Waals surface area contributed by atoms with Gasteiger partial charge in [0.2, 0.25) is 0 Å². The second-order valence-corrected chi connectivity index (χ2v) is 5.75. The predicted molar refractivity (Wildman–Crippen MR) is 91.1 cm³/mol. The molecule has 3 rings (SSSR count). The lowest BCUT2D eigenvalue weighted by Gasteiger charge is -2.14. The first-order valence-corrected chi connectivity index (χ1v) is 7.38. The number of phenols is 1. The number of hydrogen-bond donors (Lipinski definition) is 2. The molecule has 0 saturated carbocycles. The fourth-order valence-corrected chi connectivity index (χ4v) is 2.90. The molecule has 0 heterocycles. The first-order valence-electron chi connectivity index (χ1n) is 6.59. The van der Waals surface area contributed by atoms with Crippen LogP contribution in [0.25, 0.3) is 22.3 Å². The van der Waals surface area contributed by atoms with Gasteiger partial charge in [0, 0.05) is 15.7 Å². The zero-order chi connectivity index (χ0) is 14.8. The van der Waals surface area contributed by atoms with Crippen molar-refractivity contribution in [3.63, 3.8) is 0 Å². The van der Waals surface area contributed by atoms with E-state index < -0.39 is 0 Å². The van der Waals surface area contributed by atoms with E-state index in [1.54, 1.807) is 12.1 Å². The van der Waals surface area contributed by atoms with Crippen LogP contribution in [0.1, 0.15) is 0 Å². The molecule has 0 fully saturated rings. The summed E-state index contributed by atoms with van der Waals surface area (Å²) < 4.78 is 0.933. The number of anilines is 1. The van der Waals surface area contributed by atoms with E-state index in [1.807, 2.05) is 54.6 Å². The minimum atomic E-state index is 0.253. The van der Waals surface area contributed by atoms with Crippen LogP contribution in [0.2, 0.25) is 0 Å². The van der Waals surface area contributed by atoms with Gasteiger partial charge in [-0.25, -0.2) is 0 Å². The lowest BCUT2D eigenvalue weighted by Crippen LogP contribution is -1.94. The van der Waals surface area contributed by atoms with Crippen molar-refractivity contribution in [2.75, 3.05) is 5.73 Å². The molecule has 0 aliphatic rings. The van der Waals surface area contributed by atoms with Gasteiger partial charge in [-0.15, -0.1) is 0 Å². The fourth-order valence-electron chi connectivity index (χ4n) is 2.42. The topological polar surface area (TPSA) is 46.2 Å². The van der Waals surface area contributed by atoms with E-state index >= 15 is 0 Å². The number of hydrogen-bond acceptors (Lipinski definition) is 2. The number of benzene rings is 3. The van der Waals surface area contributed by atoms with Crippen molar-refractivity contribution in [3.8, 4) is 28.0 Å². The molecule has 3 aromatic rings. The minimum absolute atomic E-state index is 0.253. The van der Waals surface area contributed by atoms with Gasteiger partial charge >= 0.3 is 0 Å². The highest BCUT2D eigenvalue weighted by Crippen LogP contribution is 2.39. The van der Waals surface area contributed by atoms with Gasteiger partial charge in [-0.2, -0.15) is 0 Å². The van der Waals surface area contributed by atoms with Crippen molar-refractivity contribution >= 4 is 21.6 Å². The first kappa shape index (κ1) is 13.7. The van der Waals surface area contributed by atoms with E-state index in [-0.39, 0.29) is 5.75 Å². The summed E-state index contributed by atoms with van der Waals surface area (Å²) in [6.45, 7) is 0. The first-order chi connectivity index (χ1) is 10.1. The molecule has 2 nitrogen and oxygen atoms in total. The zero-order valence-corrected chi connectivity index (χ0v) is 12.8. The van der Waals surface area contributed by atoms with Crippen molar-refractivity contribution in [2.45, 2.75) is 0 Å². The minimum Gasteiger partial charge on any atom is -0.508 e. The summed E-state index contributed by atoms with van der Waals surface area (Å²) in [5.74, 6) is 0.253. The van der Waals surface area contributed by atoms with Crippen molar-refractivity contribution in [1.29, 1.82) is 0 Å². The normalized spacial score (nSPS) is 10.5. The highest BCUT2D eigenvalue weighted by molar-refractivity contribution is 9.10. The molecule has 0 radical (unpaired) electrons. The third-order valence-electron chi connectivity index (χ3n) is 3.37. The molecule has 21 heavy (non-hydrogen) atoms. The molecule has 0 spiro atoms. The van der Waals surface area contributed by atoms with E-state index in [0.717, 1.165) is 32.4 Å². The molecule has 3 heteroatoms. The number of rotatable bonds is 2. The lowest BCUT2D eigenvalue weighted by atomic mass is 9.93. The lowest BCUT2D eigenvalue weighted by molar-refractivity contribution is 0.475. The average molecular weight is 340 g/mol. The smallest absolute Gasteiger partial charge is 0.115 e. The van der Waals surface area contributed by atoms with Crippen molar-refractivity contribution in [3.05, 3.63) is 71.2 Å². The zero-order valence-electron chi connectivity index (χ0n) is 11.3. The summed E-state index contributed by atoms with van der Waals surface area (Å²) >= 11 is 3.50. The van der Waals surface area contributed by atoms with Gasteiger partial charge in [0.15, 0.2) is 0 Å². The van der Waals surface area contributed by atoms with Gasteiger partial charge < -0.3 is 10.8 Å². The van der Waals surface area contributed by atoms with E-state index in [2.05, 4.69) is 15.9 Å². The Labute approximate surface area is 132 Å². The molecule has 0 aromatic heterocycles. The quantitative estimate of drug-likeness (QED) is 0.640. The Morgan fingerprint density at radius 1 is 0.810 bits per heavy atom. The average Bonchev–Trinajstić information content (AvgIpc) is 2.48. The summed E-state index contributed by atoms with van der Waals surface area (Å²) in [4.78, 5) is 0. The number of aromatic hydroxyl groups is 1. The molecule has 0 amide bonds. The van der Waals surface area contributed by atoms with Gasteiger partial charge in [-0.05, 0) is 41.0 Å². The summed E-state index contributed by atoms with van der Waals surface area (Å²) in [7, 11) is 0. The predicted octanol–water partition coefficient (Wildman–Crippen LogP) is 5.07. The Hall–Kier alpha value is -2.26. The Kier molecular flexibility index (Phi) is 3.67. The maximum Gasteiger partial charge on any atom is 0.115 e. The van der Waals surface area contributed by atoms with Crippen LogP contribution in [0, 0.1) is 0 Å². The number of nitrogens with two attached hydrogens (primary N) is 1. The van der Waals surface area contributed by atoms with Crippen LogP contribution in [0.15, 0.2) is 71.2 Å². The van der Waals surface area contributed by atoms with Gasteiger partial charge in [0.05, 0.1) is 0 Å². The second kappa shape index (κ2) is 5.62. The van der Waals surface area contributed by atoms with Gasteiger partial charge in [-0.3, -0.25) is 0 Å². The SMILES string of the molecule is Nc1cc(Br)cc(-c2ccc(O)cc2)c1-c1ccccc1.